The summed E-state index contributed by atoms with van der Waals surface area (Å²) in [6.45, 7) is 5.93. The van der Waals surface area contributed by atoms with Crippen molar-refractivity contribution in [3.8, 4) is 0 Å². The lowest BCUT2D eigenvalue weighted by Gasteiger charge is -2.08. The number of aliphatic hydroxyl groups is 1. The summed E-state index contributed by atoms with van der Waals surface area (Å²) in [6.07, 6.45) is -0.684. The lowest BCUT2D eigenvalue weighted by molar-refractivity contribution is 0.146. The number of nitrogens with zero attached hydrogens (tertiary/aromatic N) is 2. The quantitative estimate of drug-likeness (QED) is 0.786. The first-order valence-electron chi connectivity index (χ1n) is 5.34. The van der Waals surface area contributed by atoms with Crippen LogP contribution in [0.1, 0.15) is 38.5 Å². The summed E-state index contributed by atoms with van der Waals surface area (Å²) in [6, 6.07) is -0.601. The Bertz CT molecular complexity index is 315. The Morgan fingerprint density at radius 3 is 2.69 bits per heavy atom. The van der Waals surface area contributed by atoms with Gasteiger partial charge in [0.05, 0.1) is 11.9 Å². The molecule has 0 aromatic carbocycles. The van der Waals surface area contributed by atoms with Gasteiger partial charge in [-0.2, -0.15) is 16.7 Å². The van der Waals surface area contributed by atoms with E-state index in [0.29, 0.717) is 23.4 Å². The molecule has 3 N–H and O–H groups in total. The molecule has 0 aliphatic rings. The fourth-order valence-electron chi connectivity index (χ4n) is 1.05. The van der Waals surface area contributed by atoms with Crippen molar-refractivity contribution < 1.29 is 9.63 Å². The van der Waals surface area contributed by atoms with Crippen LogP contribution in [0.25, 0.3) is 0 Å². The molecular weight excluding hydrogens is 226 g/mol. The zero-order chi connectivity index (χ0) is 12.1. The van der Waals surface area contributed by atoms with Crippen LogP contribution in [0.3, 0.4) is 0 Å². The van der Waals surface area contributed by atoms with Crippen molar-refractivity contribution in [1.82, 2.24) is 10.1 Å². The van der Waals surface area contributed by atoms with Crippen LogP contribution in [0.4, 0.5) is 0 Å². The first kappa shape index (κ1) is 13.5. The van der Waals surface area contributed by atoms with E-state index in [9.17, 15) is 5.11 Å². The molecule has 0 radical (unpaired) electrons. The summed E-state index contributed by atoms with van der Waals surface area (Å²) in [4.78, 5) is 4.14. The van der Waals surface area contributed by atoms with Crippen molar-refractivity contribution in [1.29, 1.82) is 0 Å². The minimum atomic E-state index is -0.684. The van der Waals surface area contributed by atoms with Crippen LogP contribution in [-0.2, 0) is 5.75 Å². The van der Waals surface area contributed by atoms with Crippen molar-refractivity contribution in [3.63, 3.8) is 0 Å². The van der Waals surface area contributed by atoms with E-state index in [1.54, 1.807) is 18.7 Å². The molecule has 0 amide bonds. The Morgan fingerprint density at radius 2 is 2.12 bits per heavy atom. The second kappa shape index (κ2) is 6.22. The summed E-state index contributed by atoms with van der Waals surface area (Å²) < 4.78 is 4.99. The van der Waals surface area contributed by atoms with Gasteiger partial charge in [0, 0.05) is 0 Å². The second-order valence-corrected chi connectivity index (χ2v) is 5.25. The smallest absolute Gasteiger partial charge is 0.246 e. The van der Waals surface area contributed by atoms with E-state index in [-0.39, 0.29) is 0 Å². The van der Waals surface area contributed by atoms with Crippen LogP contribution >= 0.6 is 11.8 Å². The fourth-order valence-corrected chi connectivity index (χ4v) is 1.94. The Hall–Kier alpha value is -0.590. The number of hydrogen-bond donors (Lipinski definition) is 2. The molecule has 92 valence electrons. The monoisotopic (exact) mass is 245 g/mol. The van der Waals surface area contributed by atoms with Gasteiger partial charge in [-0.25, -0.2) is 0 Å². The third-order valence-corrected chi connectivity index (χ3v) is 3.34. The van der Waals surface area contributed by atoms with Crippen LogP contribution in [0.5, 0.6) is 0 Å². The van der Waals surface area contributed by atoms with Gasteiger partial charge in [0.25, 0.3) is 0 Å². The summed E-state index contributed by atoms with van der Waals surface area (Å²) in [5.74, 6) is 3.36. The summed E-state index contributed by atoms with van der Waals surface area (Å²) in [7, 11) is 0. The minimum absolute atomic E-state index is 0.301. The largest absolute Gasteiger partial charge is 0.391 e. The van der Waals surface area contributed by atoms with Crippen LogP contribution in [0.2, 0.25) is 0 Å². The number of aliphatic hydroxyl groups excluding tert-OH is 1. The molecule has 1 aromatic heterocycles. The molecule has 16 heavy (non-hydrogen) atoms. The molecule has 0 bridgehead atoms. The third-order valence-electron chi connectivity index (χ3n) is 1.97. The van der Waals surface area contributed by atoms with Crippen molar-refractivity contribution in [3.05, 3.63) is 11.7 Å². The van der Waals surface area contributed by atoms with E-state index in [2.05, 4.69) is 24.0 Å². The molecule has 0 unspecified atom stereocenters. The highest BCUT2D eigenvalue weighted by Crippen LogP contribution is 2.16. The Morgan fingerprint density at radius 1 is 1.44 bits per heavy atom. The Kier molecular flexibility index (Phi) is 5.24. The number of aromatic nitrogens is 2. The Labute approximate surface area is 99.8 Å². The van der Waals surface area contributed by atoms with E-state index in [1.165, 1.54) is 0 Å². The predicted octanol–water partition coefficient (Wildman–Crippen LogP) is 1.34. The molecule has 0 saturated heterocycles. The van der Waals surface area contributed by atoms with Gasteiger partial charge in [0.15, 0.2) is 5.82 Å². The zero-order valence-corrected chi connectivity index (χ0v) is 10.7. The van der Waals surface area contributed by atoms with E-state index in [0.717, 1.165) is 5.75 Å². The standard InChI is InChI=1S/C10H19N3O2S/c1-6(2)4-16-5-8-12-10(15-13-8)9(11)7(3)14/h6-7,9,14H,4-5,11H2,1-3H3/t7-,9+/m1/s1. The van der Waals surface area contributed by atoms with Crippen molar-refractivity contribution >= 4 is 11.8 Å². The second-order valence-electron chi connectivity index (χ2n) is 4.22. The number of thioether (sulfide) groups is 1. The normalized spacial score (nSPS) is 15.4. The molecule has 5 nitrogen and oxygen atoms in total. The highest BCUT2D eigenvalue weighted by Gasteiger charge is 2.19. The molecule has 1 aromatic rings. The molecule has 1 rings (SSSR count). The minimum Gasteiger partial charge on any atom is -0.391 e. The maximum absolute atomic E-state index is 9.27. The summed E-state index contributed by atoms with van der Waals surface area (Å²) in [5.41, 5.74) is 5.67. The topological polar surface area (TPSA) is 85.2 Å². The average Bonchev–Trinajstić information content (AvgIpc) is 2.64. The highest BCUT2D eigenvalue weighted by atomic mass is 32.2. The van der Waals surface area contributed by atoms with Crippen molar-refractivity contribution in [2.75, 3.05) is 5.75 Å². The lowest BCUT2D eigenvalue weighted by Crippen LogP contribution is -2.23. The van der Waals surface area contributed by atoms with Gasteiger partial charge in [0.2, 0.25) is 5.89 Å². The van der Waals surface area contributed by atoms with Crippen LogP contribution in [0, 0.1) is 5.92 Å². The molecule has 0 spiro atoms. The van der Waals surface area contributed by atoms with Gasteiger partial charge in [0.1, 0.15) is 6.04 Å². The van der Waals surface area contributed by atoms with E-state index in [1.807, 2.05) is 0 Å². The highest BCUT2D eigenvalue weighted by molar-refractivity contribution is 7.98. The third kappa shape index (κ3) is 4.11. The van der Waals surface area contributed by atoms with E-state index >= 15 is 0 Å². The van der Waals surface area contributed by atoms with Crippen LogP contribution < -0.4 is 5.73 Å². The molecule has 0 saturated carbocycles. The Balaban J connectivity index is 2.45. The maximum Gasteiger partial charge on any atom is 0.246 e. The predicted molar refractivity (Wildman–Crippen MR) is 63.9 cm³/mol. The van der Waals surface area contributed by atoms with Gasteiger partial charge >= 0.3 is 0 Å². The van der Waals surface area contributed by atoms with E-state index < -0.39 is 12.1 Å². The van der Waals surface area contributed by atoms with Gasteiger partial charge in [-0.1, -0.05) is 19.0 Å². The van der Waals surface area contributed by atoms with Crippen LogP contribution in [0.15, 0.2) is 4.52 Å². The maximum atomic E-state index is 9.27. The molecular formula is C10H19N3O2S. The van der Waals surface area contributed by atoms with E-state index in [4.69, 9.17) is 10.3 Å². The summed E-state index contributed by atoms with van der Waals surface area (Å²) in [5, 5.41) is 13.1. The molecule has 0 aliphatic carbocycles. The van der Waals surface area contributed by atoms with Crippen molar-refractivity contribution in [2.45, 2.75) is 38.7 Å². The van der Waals surface area contributed by atoms with Crippen LogP contribution in [-0.4, -0.2) is 27.1 Å². The number of nitrogens with two attached hydrogens (primary N) is 1. The number of rotatable bonds is 6. The molecule has 0 aliphatic heterocycles. The SMILES string of the molecule is CC(C)CSCc1noc([C@@H](N)[C@@H](C)O)n1. The lowest BCUT2D eigenvalue weighted by atomic mass is 10.2. The first-order valence-corrected chi connectivity index (χ1v) is 6.50. The average molecular weight is 245 g/mol. The first-order chi connectivity index (χ1) is 7.50. The van der Waals surface area contributed by atoms with Gasteiger partial charge in [-0.05, 0) is 18.6 Å². The molecule has 6 heteroatoms. The summed E-state index contributed by atoms with van der Waals surface area (Å²) >= 11 is 1.76. The van der Waals surface area contributed by atoms with Gasteiger partial charge < -0.3 is 15.4 Å². The fraction of sp³-hybridized carbons (Fsp3) is 0.800. The zero-order valence-electron chi connectivity index (χ0n) is 9.88. The molecule has 2 atom stereocenters. The van der Waals surface area contributed by atoms with Crippen molar-refractivity contribution in [2.24, 2.45) is 11.7 Å². The number of hydrogen-bond acceptors (Lipinski definition) is 6. The van der Waals surface area contributed by atoms with Gasteiger partial charge in [-0.15, -0.1) is 0 Å². The molecule has 0 fully saturated rings. The van der Waals surface area contributed by atoms with Gasteiger partial charge in [-0.3, -0.25) is 0 Å². The molecule has 1 heterocycles.